The highest BCUT2D eigenvalue weighted by atomic mass is 15.1. The molecule has 0 atom stereocenters. The molecule has 0 aromatic heterocycles. The van der Waals surface area contributed by atoms with Gasteiger partial charge in [-0.15, -0.1) is 0 Å². The van der Waals surface area contributed by atoms with Gasteiger partial charge in [0.1, 0.15) is 0 Å². The third-order valence-electron chi connectivity index (χ3n) is 3.41. The zero-order valence-electron chi connectivity index (χ0n) is 14.1. The van der Waals surface area contributed by atoms with Crippen molar-refractivity contribution in [2.75, 3.05) is 39.3 Å². The van der Waals surface area contributed by atoms with E-state index in [2.05, 4.69) is 42.0 Å². The Labute approximate surface area is 126 Å². The van der Waals surface area contributed by atoms with Crippen LogP contribution in [0.1, 0.15) is 59.3 Å². The van der Waals surface area contributed by atoms with Crippen LogP contribution in [0.2, 0.25) is 0 Å². The van der Waals surface area contributed by atoms with E-state index < -0.39 is 0 Å². The van der Waals surface area contributed by atoms with Crippen molar-refractivity contribution in [1.29, 1.82) is 0 Å². The second-order valence-electron chi connectivity index (χ2n) is 5.37. The van der Waals surface area contributed by atoms with E-state index in [4.69, 9.17) is 0 Å². The predicted molar refractivity (Wildman–Crippen MR) is 90.3 cm³/mol. The molecule has 0 saturated heterocycles. The number of hydrogen-bond acceptors (Lipinski definition) is 4. The fourth-order valence-electron chi connectivity index (χ4n) is 2.25. The van der Waals surface area contributed by atoms with Crippen LogP contribution in [0.25, 0.3) is 0 Å². The van der Waals surface area contributed by atoms with Crippen molar-refractivity contribution in [3.8, 4) is 0 Å². The zero-order chi connectivity index (χ0) is 14.9. The second-order valence-corrected chi connectivity index (χ2v) is 5.37. The fraction of sp³-hybridized carbons (Fsp3) is 1.00. The molecule has 0 heterocycles. The average molecular weight is 287 g/mol. The minimum absolute atomic E-state index is 0.481. The zero-order valence-corrected chi connectivity index (χ0v) is 14.1. The summed E-state index contributed by atoms with van der Waals surface area (Å²) in [4.78, 5) is 0. The van der Waals surface area contributed by atoms with Crippen LogP contribution >= 0.6 is 0 Å². The van der Waals surface area contributed by atoms with E-state index in [0.29, 0.717) is 6.17 Å². The molecule has 122 valence electrons. The molecule has 0 unspecified atom stereocenters. The van der Waals surface area contributed by atoms with Gasteiger partial charge in [-0.2, -0.15) is 0 Å². The van der Waals surface area contributed by atoms with Gasteiger partial charge in [-0.3, -0.25) is 0 Å². The molecule has 0 aromatic rings. The summed E-state index contributed by atoms with van der Waals surface area (Å²) in [7, 11) is 0. The molecule has 0 aromatic carbocycles. The summed E-state index contributed by atoms with van der Waals surface area (Å²) in [5.74, 6) is 0. The molecule has 0 amide bonds. The Hall–Kier alpha value is -0.160. The van der Waals surface area contributed by atoms with Gasteiger partial charge < -0.3 is 21.3 Å². The Kier molecular flexibility index (Phi) is 16.8. The summed E-state index contributed by atoms with van der Waals surface area (Å²) in [5, 5.41) is 14.0. The minimum atomic E-state index is 0.481. The number of rotatable bonds is 16. The molecule has 0 fully saturated rings. The highest BCUT2D eigenvalue weighted by Crippen LogP contribution is 1.93. The first-order chi connectivity index (χ1) is 9.85. The standard InChI is InChI=1S/C16H38N4/c1-4-7-12-17-13-8-9-14-18-15-10-11-16(19-5-2)20-6-3/h16-20H,4-15H2,1-3H3. The highest BCUT2D eigenvalue weighted by Gasteiger charge is 2.03. The van der Waals surface area contributed by atoms with E-state index in [-0.39, 0.29) is 0 Å². The lowest BCUT2D eigenvalue weighted by Crippen LogP contribution is -2.42. The topological polar surface area (TPSA) is 48.1 Å². The normalized spacial score (nSPS) is 11.4. The SMILES string of the molecule is CCCCNCCCCNCCCC(NCC)NCC. The lowest BCUT2D eigenvalue weighted by Gasteiger charge is -2.18. The van der Waals surface area contributed by atoms with Crippen LogP contribution in [0.3, 0.4) is 0 Å². The van der Waals surface area contributed by atoms with Crippen molar-refractivity contribution < 1.29 is 0 Å². The van der Waals surface area contributed by atoms with E-state index >= 15 is 0 Å². The summed E-state index contributed by atoms with van der Waals surface area (Å²) in [6, 6.07) is 0. The molecule has 0 spiro atoms. The first-order valence-electron chi connectivity index (χ1n) is 8.73. The largest absolute Gasteiger partial charge is 0.317 e. The molecule has 4 heteroatoms. The summed E-state index contributed by atoms with van der Waals surface area (Å²) >= 11 is 0. The van der Waals surface area contributed by atoms with Gasteiger partial charge in [0.2, 0.25) is 0 Å². The predicted octanol–water partition coefficient (Wildman–Crippen LogP) is 2.07. The lowest BCUT2D eigenvalue weighted by molar-refractivity contribution is 0.403. The first kappa shape index (κ1) is 19.8. The van der Waals surface area contributed by atoms with Crippen LogP contribution in [0.5, 0.6) is 0 Å². The molecular formula is C16H38N4. The van der Waals surface area contributed by atoms with E-state index in [0.717, 1.165) is 26.2 Å². The Morgan fingerprint density at radius 1 is 0.650 bits per heavy atom. The van der Waals surface area contributed by atoms with Gasteiger partial charge in [0.25, 0.3) is 0 Å². The van der Waals surface area contributed by atoms with Crippen molar-refractivity contribution in [3.63, 3.8) is 0 Å². The quantitative estimate of drug-likeness (QED) is 0.259. The summed E-state index contributed by atoms with van der Waals surface area (Å²) < 4.78 is 0. The number of unbranched alkanes of at least 4 members (excludes halogenated alkanes) is 2. The third-order valence-corrected chi connectivity index (χ3v) is 3.41. The second kappa shape index (κ2) is 16.9. The van der Waals surface area contributed by atoms with Gasteiger partial charge in [-0.1, -0.05) is 27.2 Å². The Bertz CT molecular complexity index is 170. The monoisotopic (exact) mass is 286 g/mol. The van der Waals surface area contributed by atoms with E-state index in [1.807, 2.05) is 0 Å². The average Bonchev–Trinajstić information content (AvgIpc) is 2.45. The van der Waals surface area contributed by atoms with Crippen molar-refractivity contribution in [1.82, 2.24) is 21.3 Å². The molecule has 0 aliphatic heterocycles. The summed E-state index contributed by atoms with van der Waals surface area (Å²) in [6.45, 7) is 13.3. The van der Waals surface area contributed by atoms with Crippen molar-refractivity contribution in [2.45, 2.75) is 65.5 Å². The molecule has 0 saturated carbocycles. The van der Waals surface area contributed by atoms with Gasteiger partial charge in [0.05, 0.1) is 6.17 Å². The molecule has 0 radical (unpaired) electrons. The van der Waals surface area contributed by atoms with E-state index in [1.54, 1.807) is 0 Å². The van der Waals surface area contributed by atoms with Crippen LogP contribution in [0, 0.1) is 0 Å². The van der Waals surface area contributed by atoms with Crippen LogP contribution in [-0.4, -0.2) is 45.4 Å². The Morgan fingerprint density at radius 2 is 1.15 bits per heavy atom. The molecule has 0 rings (SSSR count). The molecule has 4 nitrogen and oxygen atoms in total. The smallest absolute Gasteiger partial charge is 0.0571 e. The summed E-state index contributed by atoms with van der Waals surface area (Å²) in [6.07, 6.45) is 8.07. The molecule has 4 N–H and O–H groups in total. The Morgan fingerprint density at radius 3 is 1.65 bits per heavy atom. The van der Waals surface area contributed by atoms with Gasteiger partial charge >= 0.3 is 0 Å². The summed E-state index contributed by atoms with van der Waals surface area (Å²) in [5.41, 5.74) is 0. The van der Waals surface area contributed by atoms with Gasteiger partial charge in [0, 0.05) is 0 Å². The number of nitrogens with one attached hydrogen (secondary N) is 4. The number of hydrogen-bond donors (Lipinski definition) is 4. The van der Waals surface area contributed by atoms with Crippen molar-refractivity contribution >= 4 is 0 Å². The maximum atomic E-state index is 3.54. The maximum Gasteiger partial charge on any atom is 0.0571 e. The Balaban J connectivity index is 3.18. The van der Waals surface area contributed by atoms with Crippen molar-refractivity contribution in [2.24, 2.45) is 0 Å². The van der Waals surface area contributed by atoms with Crippen molar-refractivity contribution in [3.05, 3.63) is 0 Å². The molecule has 0 bridgehead atoms. The van der Waals surface area contributed by atoms with Crippen LogP contribution in [-0.2, 0) is 0 Å². The first-order valence-corrected chi connectivity index (χ1v) is 8.73. The minimum Gasteiger partial charge on any atom is -0.317 e. The molecule has 0 aliphatic carbocycles. The highest BCUT2D eigenvalue weighted by molar-refractivity contribution is 4.63. The van der Waals surface area contributed by atoms with Crippen LogP contribution < -0.4 is 21.3 Å². The molecule has 0 aliphatic rings. The van der Waals surface area contributed by atoms with E-state index in [9.17, 15) is 0 Å². The van der Waals surface area contributed by atoms with Crippen LogP contribution in [0.15, 0.2) is 0 Å². The van der Waals surface area contributed by atoms with Crippen LogP contribution in [0.4, 0.5) is 0 Å². The lowest BCUT2D eigenvalue weighted by atomic mass is 10.2. The van der Waals surface area contributed by atoms with Gasteiger partial charge in [-0.05, 0) is 71.4 Å². The molecule has 20 heavy (non-hydrogen) atoms. The van der Waals surface area contributed by atoms with Gasteiger partial charge in [0.15, 0.2) is 0 Å². The van der Waals surface area contributed by atoms with E-state index in [1.165, 1.54) is 51.6 Å². The van der Waals surface area contributed by atoms with Gasteiger partial charge in [-0.25, -0.2) is 0 Å². The maximum absolute atomic E-state index is 3.54. The third kappa shape index (κ3) is 14.3. The molecular weight excluding hydrogens is 248 g/mol. The fourth-order valence-corrected chi connectivity index (χ4v) is 2.25.